The minimum atomic E-state index is 0.835. The van der Waals surface area contributed by atoms with Crippen molar-refractivity contribution in [1.29, 1.82) is 0 Å². The maximum absolute atomic E-state index is 5.43. The fourth-order valence-electron chi connectivity index (χ4n) is 1.38. The van der Waals surface area contributed by atoms with Gasteiger partial charge in [0.1, 0.15) is 0 Å². The van der Waals surface area contributed by atoms with E-state index in [-0.39, 0.29) is 0 Å². The van der Waals surface area contributed by atoms with Crippen LogP contribution >= 0.6 is 0 Å². The van der Waals surface area contributed by atoms with E-state index in [0.717, 1.165) is 26.2 Å². The standard InChI is InChI=1S/C13H27NO/c1-3-5-12-15-13-9-7-6-8-11-14-10-4-2/h3,14H,1,4-13H2,2H3. The summed E-state index contributed by atoms with van der Waals surface area (Å²) in [6.45, 7) is 9.94. The maximum atomic E-state index is 5.43. The van der Waals surface area contributed by atoms with Crippen molar-refractivity contribution >= 4 is 0 Å². The van der Waals surface area contributed by atoms with Crippen LogP contribution < -0.4 is 5.32 Å². The van der Waals surface area contributed by atoms with Gasteiger partial charge in [0.25, 0.3) is 0 Å². The Bertz CT molecular complexity index is 126. The van der Waals surface area contributed by atoms with Crippen LogP contribution in [-0.2, 0) is 4.74 Å². The van der Waals surface area contributed by atoms with Crippen LogP contribution in [0.1, 0.15) is 45.4 Å². The second-order valence-electron chi connectivity index (χ2n) is 3.85. The zero-order valence-electron chi connectivity index (χ0n) is 10.3. The molecular formula is C13H27NO. The van der Waals surface area contributed by atoms with Crippen LogP contribution in [0, 0.1) is 0 Å². The summed E-state index contributed by atoms with van der Waals surface area (Å²) in [7, 11) is 0. The average Bonchev–Trinajstić information content (AvgIpc) is 2.26. The molecule has 0 fully saturated rings. The van der Waals surface area contributed by atoms with Crippen LogP contribution in [0.4, 0.5) is 0 Å². The molecule has 0 amide bonds. The molecule has 0 heterocycles. The van der Waals surface area contributed by atoms with Crippen molar-refractivity contribution in [2.24, 2.45) is 0 Å². The van der Waals surface area contributed by atoms with Gasteiger partial charge in [-0.1, -0.05) is 25.8 Å². The van der Waals surface area contributed by atoms with E-state index in [9.17, 15) is 0 Å². The van der Waals surface area contributed by atoms with Gasteiger partial charge < -0.3 is 10.1 Å². The van der Waals surface area contributed by atoms with Crippen LogP contribution in [-0.4, -0.2) is 26.3 Å². The summed E-state index contributed by atoms with van der Waals surface area (Å²) in [5, 5.41) is 3.41. The van der Waals surface area contributed by atoms with Gasteiger partial charge in [-0.3, -0.25) is 0 Å². The Balaban J connectivity index is 2.83. The minimum absolute atomic E-state index is 0.835. The normalized spacial score (nSPS) is 10.5. The maximum Gasteiger partial charge on any atom is 0.0500 e. The summed E-state index contributed by atoms with van der Waals surface area (Å²) in [5.74, 6) is 0. The average molecular weight is 213 g/mol. The molecule has 0 aliphatic rings. The van der Waals surface area contributed by atoms with Crippen molar-refractivity contribution in [3.8, 4) is 0 Å². The van der Waals surface area contributed by atoms with E-state index in [1.54, 1.807) is 0 Å². The van der Waals surface area contributed by atoms with Crippen LogP contribution in [0.3, 0.4) is 0 Å². The summed E-state index contributed by atoms with van der Waals surface area (Å²) >= 11 is 0. The number of rotatable bonds is 12. The Kier molecular flexibility index (Phi) is 13.4. The van der Waals surface area contributed by atoms with Crippen LogP contribution in [0.5, 0.6) is 0 Å². The van der Waals surface area contributed by atoms with E-state index in [1.165, 1.54) is 38.6 Å². The number of nitrogens with one attached hydrogen (secondary N) is 1. The lowest BCUT2D eigenvalue weighted by Gasteiger charge is -2.04. The number of hydrogen-bond acceptors (Lipinski definition) is 2. The molecule has 0 unspecified atom stereocenters. The largest absolute Gasteiger partial charge is 0.381 e. The SMILES string of the molecule is C=CCCOCCCCCCNCCC. The van der Waals surface area contributed by atoms with Crippen molar-refractivity contribution in [2.45, 2.75) is 45.4 Å². The van der Waals surface area contributed by atoms with Gasteiger partial charge >= 0.3 is 0 Å². The highest BCUT2D eigenvalue weighted by molar-refractivity contribution is 4.64. The van der Waals surface area contributed by atoms with Gasteiger partial charge in [-0.05, 0) is 38.8 Å². The third kappa shape index (κ3) is 13.7. The Morgan fingerprint density at radius 2 is 1.87 bits per heavy atom. The van der Waals surface area contributed by atoms with E-state index in [4.69, 9.17) is 4.74 Å². The molecule has 0 spiro atoms. The first-order chi connectivity index (χ1) is 7.41. The quantitative estimate of drug-likeness (QED) is 0.397. The zero-order valence-corrected chi connectivity index (χ0v) is 10.3. The molecule has 0 aromatic rings. The first-order valence-electron chi connectivity index (χ1n) is 6.31. The molecule has 1 N–H and O–H groups in total. The van der Waals surface area contributed by atoms with E-state index in [1.807, 2.05) is 6.08 Å². The van der Waals surface area contributed by atoms with Crippen molar-refractivity contribution in [3.63, 3.8) is 0 Å². The van der Waals surface area contributed by atoms with Gasteiger partial charge in [-0.25, -0.2) is 0 Å². The monoisotopic (exact) mass is 213 g/mol. The van der Waals surface area contributed by atoms with Crippen LogP contribution in [0.25, 0.3) is 0 Å². The topological polar surface area (TPSA) is 21.3 Å². The molecule has 15 heavy (non-hydrogen) atoms. The molecule has 0 rings (SSSR count). The van der Waals surface area contributed by atoms with Gasteiger partial charge in [0.2, 0.25) is 0 Å². The molecule has 0 atom stereocenters. The smallest absolute Gasteiger partial charge is 0.0500 e. The Hall–Kier alpha value is -0.340. The van der Waals surface area contributed by atoms with Crippen molar-refractivity contribution in [2.75, 3.05) is 26.3 Å². The fourth-order valence-corrected chi connectivity index (χ4v) is 1.38. The van der Waals surface area contributed by atoms with Crippen molar-refractivity contribution in [1.82, 2.24) is 5.32 Å². The highest BCUT2D eigenvalue weighted by atomic mass is 16.5. The zero-order chi connectivity index (χ0) is 11.2. The lowest BCUT2D eigenvalue weighted by molar-refractivity contribution is 0.134. The number of ether oxygens (including phenoxy) is 1. The summed E-state index contributed by atoms with van der Waals surface area (Å²) in [6, 6.07) is 0. The second-order valence-corrected chi connectivity index (χ2v) is 3.85. The molecule has 90 valence electrons. The van der Waals surface area contributed by atoms with Crippen molar-refractivity contribution in [3.05, 3.63) is 12.7 Å². The molecule has 2 heteroatoms. The fraction of sp³-hybridized carbons (Fsp3) is 0.846. The van der Waals surface area contributed by atoms with Gasteiger partial charge in [0.05, 0.1) is 0 Å². The van der Waals surface area contributed by atoms with E-state index < -0.39 is 0 Å². The summed E-state index contributed by atoms with van der Waals surface area (Å²) in [5.41, 5.74) is 0. The third-order valence-corrected chi connectivity index (χ3v) is 2.29. The molecule has 0 aromatic carbocycles. The second kappa shape index (κ2) is 13.7. The van der Waals surface area contributed by atoms with Gasteiger partial charge in [-0.15, -0.1) is 6.58 Å². The molecule has 2 nitrogen and oxygen atoms in total. The highest BCUT2D eigenvalue weighted by Gasteiger charge is 1.90. The molecule has 0 saturated carbocycles. The van der Waals surface area contributed by atoms with Gasteiger partial charge in [0, 0.05) is 13.2 Å². The Labute approximate surface area is 95.1 Å². The predicted molar refractivity (Wildman–Crippen MR) is 67.3 cm³/mol. The molecule has 0 aromatic heterocycles. The summed E-state index contributed by atoms with van der Waals surface area (Å²) < 4.78 is 5.43. The first kappa shape index (κ1) is 14.7. The Morgan fingerprint density at radius 1 is 1.07 bits per heavy atom. The van der Waals surface area contributed by atoms with Gasteiger partial charge in [0.15, 0.2) is 0 Å². The lowest BCUT2D eigenvalue weighted by atomic mass is 10.2. The molecule has 0 bridgehead atoms. The van der Waals surface area contributed by atoms with E-state index in [2.05, 4.69) is 18.8 Å². The van der Waals surface area contributed by atoms with Crippen LogP contribution in [0.15, 0.2) is 12.7 Å². The van der Waals surface area contributed by atoms with E-state index >= 15 is 0 Å². The minimum Gasteiger partial charge on any atom is -0.381 e. The molecule has 0 radical (unpaired) electrons. The number of unbranched alkanes of at least 4 members (excludes halogenated alkanes) is 3. The molecule has 0 saturated heterocycles. The summed E-state index contributed by atoms with van der Waals surface area (Å²) in [4.78, 5) is 0. The Morgan fingerprint density at radius 3 is 2.60 bits per heavy atom. The predicted octanol–water partition coefficient (Wildman–Crippen LogP) is 3.14. The molecule has 0 aliphatic carbocycles. The third-order valence-electron chi connectivity index (χ3n) is 2.29. The first-order valence-corrected chi connectivity index (χ1v) is 6.31. The lowest BCUT2D eigenvalue weighted by Crippen LogP contribution is -2.15. The number of hydrogen-bond donors (Lipinski definition) is 1. The molecule has 0 aliphatic heterocycles. The molecular weight excluding hydrogens is 186 g/mol. The van der Waals surface area contributed by atoms with E-state index in [0.29, 0.717) is 0 Å². The van der Waals surface area contributed by atoms with Crippen molar-refractivity contribution < 1.29 is 4.74 Å². The highest BCUT2D eigenvalue weighted by Crippen LogP contribution is 1.99. The summed E-state index contributed by atoms with van der Waals surface area (Å²) in [6.07, 6.45) is 9.22. The van der Waals surface area contributed by atoms with Crippen LogP contribution in [0.2, 0.25) is 0 Å². The van der Waals surface area contributed by atoms with Gasteiger partial charge in [-0.2, -0.15) is 0 Å².